The minimum Gasteiger partial charge on any atom is -0.487 e. The zero-order valence-corrected chi connectivity index (χ0v) is 21.8. The van der Waals surface area contributed by atoms with Crippen molar-refractivity contribution in [1.82, 2.24) is 4.90 Å². The van der Waals surface area contributed by atoms with Gasteiger partial charge in [0, 0.05) is 28.8 Å². The molecule has 3 aliphatic rings. The first-order valence-corrected chi connectivity index (χ1v) is 13.1. The van der Waals surface area contributed by atoms with Crippen LogP contribution < -0.4 is 10.1 Å². The number of carbonyl (C=O) groups excluding carboxylic acids is 1. The Balaban J connectivity index is 1.36. The fraction of sp³-hybridized carbons (Fsp3) is 0.296. The number of nitrogens with one attached hydrogen (secondary N) is 1. The van der Waals surface area contributed by atoms with Gasteiger partial charge in [-0.25, -0.2) is 0 Å². The van der Waals surface area contributed by atoms with Crippen LogP contribution in [0.4, 0.5) is 5.69 Å². The average molecular weight is 559 g/mol. The molecule has 0 unspecified atom stereocenters. The standard InChI is InChI=1S/C27H22Cl3N3O4/c28-18-9-7-15(12-19(18)29)14-37-23-10-8-16(13-20(23)30)24-22-6-3-11-32(22)27(25(24)33(35)36)17-4-1-2-5-21(17)31-26(27)34/h1-2,4-5,7-10,12-13,22,24-25H,3,6,11,14H2,(H,31,34)/t22-,24+,25-,27+/m1/s1. The number of para-hydroxylation sites is 1. The van der Waals surface area contributed by atoms with Gasteiger partial charge in [-0.05, 0) is 54.3 Å². The smallest absolute Gasteiger partial charge is 0.256 e. The van der Waals surface area contributed by atoms with E-state index < -0.39 is 17.5 Å². The molecule has 0 aliphatic carbocycles. The molecule has 1 amide bonds. The molecular formula is C27H22Cl3N3O4. The lowest BCUT2D eigenvalue weighted by atomic mass is 9.77. The third-order valence-electron chi connectivity index (χ3n) is 7.81. The maximum Gasteiger partial charge on any atom is 0.256 e. The van der Waals surface area contributed by atoms with Gasteiger partial charge in [0.1, 0.15) is 12.4 Å². The van der Waals surface area contributed by atoms with Crippen LogP contribution in [0.2, 0.25) is 15.1 Å². The average Bonchev–Trinajstić information content (AvgIpc) is 3.53. The van der Waals surface area contributed by atoms with Crippen LogP contribution in [0.5, 0.6) is 5.75 Å². The zero-order valence-electron chi connectivity index (χ0n) is 19.5. The van der Waals surface area contributed by atoms with Crippen LogP contribution in [0.1, 0.15) is 35.4 Å². The van der Waals surface area contributed by atoms with E-state index >= 15 is 0 Å². The SMILES string of the molecule is O=C1Nc2ccccc2[C@]12[C@H]([N+](=O)[O-])[C@@H](c1ccc(OCc3ccc(Cl)c(Cl)c3)c(Cl)c1)[C@H]1CCCN12. The molecule has 0 bridgehead atoms. The van der Waals surface area contributed by atoms with E-state index in [-0.39, 0.29) is 23.5 Å². The second-order valence-electron chi connectivity index (χ2n) is 9.65. The van der Waals surface area contributed by atoms with Crippen molar-refractivity contribution in [3.63, 3.8) is 0 Å². The van der Waals surface area contributed by atoms with Crippen LogP contribution >= 0.6 is 34.8 Å². The van der Waals surface area contributed by atoms with Crippen molar-refractivity contribution in [2.24, 2.45) is 0 Å². The van der Waals surface area contributed by atoms with E-state index in [0.717, 1.165) is 24.0 Å². The first kappa shape index (κ1) is 24.5. The number of nitro groups is 1. The molecule has 7 nitrogen and oxygen atoms in total. The predicted molar refractivity (Wildman–Crippen MR) is 142 cm³/mol. The molecule has 0 radical (unpaired) electrons. The summed E-state index contributed by atoms with van der Waals surface area (Å²) in [6.07, 6.45) is 1.63. The normalized spacial score (nSPS) is 26.2. The quantitative estimate of drug-likeness (QED) is 0.294. The van der Waals surface area contributed by atoms with Gasteiger partial charge in [-0.15, -0.1) is 0 Å². The number of amides is 1. The molecule has 1 spiro atoms. The minimum absolute atomic E-state index is 0.161. The molecule has 3 heterocycles. The lowest BCUT2D eigenvalue weighted by Gasteiger charge is -2.32. The zero-order chi connectivity index (χ0) is 25.9. The van der Waals surface area contributed by atoms with E-state index in [1.165, 1.54) is 0 Å². The summed E-state index contributed by atoms with van der Waals surface area (Å²) in [6.45, 7) is 0.846. The number of hydrogen-bond acceptors (Lipinski definition) is 5. The maximum atomic E-state index is 13.6. The van der Waals surface area contributed by atoms with E-state index in [2.05, 4.69) is 10.2 Å². The van der Waals surface area contributed by atoms with Crippen molar-refractivity contribution in [3.8, 4) is 5.75 Å². The fourth-order valence-corrected chi connectivity index (χ4v) is 6.97. The monoisotopic (exact) mass is 557 g/mol. The molecule has 10 heteroatoms. The van der Waals surface area contributed by atoms with E-state index in [1.807, 2.05) is 30.3 Å². The molecule has 37 heavy (non-hydrogen) atoms. The maximum absolute atomic E-state index is 13.6. The van der Waals surface area contributed by atoms with Crippen molar-refractivity contribution >= 4 is 46.4 Å². The molecule has 0 saturated carbocycles. The van der Waals surface area contributed by atoms with Crippen molar-refractivity contribution in [1.29, 1.82) is 0 Å². The van der Waals surface area contributed by atoms with Gasteiger partial charge in [-0.2, -0.15) is 0 Å². The third kappa shape index (κ3) is 3.71. The molecule has 4 atom stereocenters. The van der Waals surface area contributed by atoms with E-state index in [9.17, 15) is 14.9 Å². The van der Waals surface area contributed by atoms with Gasteiger partial charge in [0.25, 0.3) is 11.9 Å². The number of ether oxygens (including phenoxy) is 1. The van der Waals surface area contributed by atoms with Crippen molar-refractivity contribution in [3.05, 3.63) is 103 Å². The number of nitrogens with zero attached hydrogens (tertiary/aromatic N) is 2. The number of carbonyl (C=O) groups is 1. The summed E-state index contributed by atoms with van der Waals surface area (Å²) >= 11 is 18.7. The lowest BCUT2D eigenvalue weighted by molar-refractivity contribution is -0.534. The highest BCUT2D eigenvalue weighted by Gasteiger charge is 2.73. The minimum atomic E-state index is -1.36. The summed E-state index contributed by atoms with van der Waals surface area (Å²) < 4.78 is 5.91. The molecule has 1 N–H and O–H groups in total. The summed E-state index contributed by atoms with van der Waals surface area (Å²) in [7, 11) is 0. The largest absolute Gasteiger partial charge is 0.487 e. The molecule has 3 aromatic carbocycles. The second-order valence-corrected chi connectivity index (χ2v) is 10.9. The van der Waals surface area contributed by atoms with Crippen LogP contribution in [-0.4, -0.2) is 34.4 Å². The molecule has 0 aromatic heterocycles. The third-order valence-corrected chi connectivity index (χ3v) is 8.85. The molecule has 6 rings (SSSR count). The first-order valence-electron chi connectivity index (χ1n) is 12.0. The molecule has 2 saturated heterocycles. The van der Waals surface area contributed by atoms with E-state index in [0.29, 0.717) is 38.6 Å². The summed E-state index contributed by atoms with van der Waals surface area (Å²) in [6, 6.07) is 16.5. The molecule has 2 fully saturated rings. The second kappa shape index (κ2) is 9.17. The predicted octanol–water partition coefficient (Wildman–Crippen LogP) is 6.28. The summed E-state index contributed by atoms with van der Waals surface area (Å²) in [5, 5.41) is 16.9. The highest BCUT2D eigenvalue weighted by molar-refractivity contribution is 6.42. The number of anilines is 1. The Morgan fingerprint density at radius 3 is 2.62 bits per heavy atom. The Kier molecular flexibility index (Phi) is 6.07. The van der Waals surface area contributed by atoms with Crippen LogP contribution in [0.25, 0.3) is 0 Å². The number of rotatable bonds is 5. The Bertz CT molecular complexity index is 1430. The van der Waals surface area contributed by atoms with Crippen molar-refractivity contribution in [2.75, 3.05) is 11.9 Å². The van der Waals surface area contributed by atoms with E-state index in [1.54, 1.807) is 30.3 Å². The molecule has 3 aromatic rings. The van der Waals surface area contributed by atoms with Crippen LogP contribution in [0.3, 0.4) is 0 Å². The van der Waals surface area contributed by atoms with Gasteiger partial charge in [0.05, 0.1) is 21.0 Å². The van der Waals surface area contributed by atoms with Crippen LogP contribution in [-0.2, 0) is 16.9 Å². The first-order chi connectivity index (χ1) is 17.8. The van der Waals surface area contributed by atoms with Crippen LogP contribution in [0, 0.1) is 10.1 Å². The highest BCUT2D eigenvalue weighted by Crippen LogP contribution is 2.58. The van der Waals surface area contributed by atoms with Gasteiger partial charge >= 0.3 is 0 Å². The van der Waals surface area contributed by atoms with Gasteiger partial charge in [-0.1, -0.05) is 65.1 Å². The fourth-order valence-electron chi connectivity index (χ4n) is 6.41. The number of halogens is 3. The molecule has 190 valence electrons. The Morgan fingerprint density at radius 1 is 1.05 bits per heavy atom. The molecule has 3 aliphatic heterocycles. The van der Waals surface area contributed by atoms with Crippen molar-refractivity contribution < 1.29 is 14.5 Å². The highest BCUT2D eigenvalue weighted by atomic mass is 35.5. The number of benzene rings is 3. The topological polar surface area (TPSA) is 84.7 Å². The van der Waals surface area contributed by atoms with Gasteiger partial charge in [0.2, 0.25) is 0 Å². The van der Waals surface area contributed by atoms with Gasteiger partial charge < -0.3 is 10.1 Å². The van der Waals surface area contributed by atoms with E-state index in [4.69, 9.17) is 39.5 Å². The Labute approximate surface area is 228 Å². The van der Waals surface area contributed by atoms with Crippen molar-refractivity contribution in [2.45, 2.75) is 43.0 Å². The van der Waals surface area contributed by atoms with Crippen LogP contribution in [0.15, 0.2) is 60.7 Å². The summed E-state index contributed by atoms with van der Waals surface area (Å²) in [5.41, 5.74) is 1.49. The van der Waals surface area contributed by atoms with Gasteiger partial charge in [0.15, 0.2) is 5.54 Å². The molecular weight excluding hydrogens is 537 g/mol. The number of hydrogen-bond donors (Lipinski definition) is 1. The number of fused-ring (bicyclic) bond motifs is 4. The summed E-state index contributed by atoms with van der Waals surface area (Å²) in [5.74, 6) is -0.400. The van der Waals surface area contributed by atoms with Gasteiger partial charge in [-0.3, -0.25) is 19.8 Å². The Hall–Kier alpha value is -2.84. The Morgan fingerprint density at radius 2 is 1.86 bits per heavy atom. The lowest BCUT2D eigenvalue weighted by Crippen LogP contribution is -2.55. The summed E-state index contributed by atoms with van der Waals surface area (Å²) in [4.78, 5) is 28.0.